The normalized spacial score (nSPS) is 13.5. The molecule has 1 aliphatic heterocycles. The maximum atomic E-state index is 12.8. The SMILES string of the molecule is CCOc1cc(C(=O)OCc2cc(=O)oc3c(C)c(C)ccc23)ccc1OCC(=O)N1CCOCC1. The lowest BCUT2D eigenvalue weighted by Gasteiger charge is -2.26. The first-order chi connectivity index (χ1) is 17.4. The molecule has 0 saturated carbocycles. The smallest absolute Gasteiger partial charge is 0.338 e. The number of benzene rings is 2. The van der Waals surface area contributed by atoms with Crippen molar-refractivity contribution in [2.24, 2.45) is 0 Å². The predicted octanol–water partition coefficient (Wildman–Crippen LogP) is 3.40. The second kappa shape index (κ2) is 11.3. The molecule has 36 heavy (non-hydrogen) atoms. The third-order valence-electron chi connectivity index (χ3n) is 6.07. The monoisotopic (exact) mass is 495 g/mol. The molecule has 0 spiro atoms. The van der Waals surface area contributed by atoms with Crippen molar-refractivity contribution in [3.8, 4) is 11.5 Å². The number of amides is 1. The standard InChI is InChI=1S/C27H29NO8/c1-4-33-23-13-19(6-8-22(23)34-16-24(29)28-9-11-32-12-10-28)27(31)35-15-20-14-25(30)36-26-18(3)17(2)5-7-21(20)26/h5-8,13-14H,4,9-12,15-16H2,1-3H3. The van der Waals surface area contributed by atoms with Gasteiger partial charge in [-0.15, -0.1) is 0 Å². The number of rotatable bonds is 8. The number of fused-ring (bicyclic) bond motifs is 1. The third kappa shape index (κ3) is 5.68. The highest BCUT2D eigenvalue weighted by Crippen LogP contribution is 2.29. The quantitative estimate of drug-likeness (QED) is 0.346. The summed E-state index contributed by atoms with van der Waals surface area (Å²) in [6.07, 6.45) is 0. The molecule has 1 fully saturated rings. The lowest BCUT2D eigenvalue weighted by molar-refractivity contribution is -0.137. The van der Waals surface area contributed by atoms with Crippen molar-refractivity contribution in [2.75, 3.05) is 39.5 Å². The van der Waals surface area contributed by atoms with E-state index in [1.807, 2.05) is 32.9 Å². The van der Waals surface area contributed by atoms with E-state index in [1.165, 1.54) is 12.1 Å². The van der Waals surface area contributed by atoms with Crippen LogP contribution in [0.3, 0.4) is 0 Å². The molecule has 0 atom stereocenters. The highest BCUT2D eigenvalue weighted by molar-refractivity contribution is 5.91. The van der Waals surface area contributed by atoms with Crippen LogP contribution < -0.4 is 15.1 Å². The second-order valence-electron chi connectivity index (χ2n) is 8.43. The van der Waals surface area contributed by atoms with Crippen LogP contribution in [0.25, 0.3) is 11.0 Å². The Labute approximate surface area is 208 Å². The number of ether oxygens (including phenoxy) is 4. The van der Waals surface area contributed by atoms with Gasteiger partial charge in [-0.2, -0.15) is 0 Å². The summed E-state index contributed by atoms with van der Waals surface area (Å²) < 4.78 is 27.5. The fourth-order valence-corrected chi connectivity index (χ4v) is 3.94. The Kier molecular flexibility index (Phi) is 7.90. The number of morpholine rings is 1. The Bertz CT molecular complexity index is 1320. The minimum absolute atomic E-state index is 0.0975. The van der Waals surface area contributed by atoms with Gasteiger partial charge in [-0.05, 0) is 50.1 Å². The van der Waals surface area contributed by atoms with Crippen molar-refractivity contribution in [1.29, 1.82) is 0 Å². The number of esters is 1. The van der Waals surface area contributed by atoms with E-state index in [-0.39, 0.29) is 24.7 Å². The van der Waals surface area contributed by atoms with E-state index in [2.05, 4.69) is 0 Å². The molecule has 3 aromatic rings. The Balaban J connectivity index is 1.46. The maximum absolute atomic E-state index is 12.8. The van der Waals surface area contributed by atoms with Gasteiger partial charge in [0, 0.05) is 30.1 Å². The second-order valence-corrected chi connectivity index (χ2v) is 8.43. The molecule has 1 saturated heterocycles. The van der Waals surface area contributed by atoms with E-state index in [0.29, 0.717) is 60.9 Å². The molecule has 4 rings (SSSR count). The lowest BCUT2D eigenvalue weighted by atomic mass is 10.0. The van der Waals surface area contributed by atoms with Crippen LogP contribution in [0.1, 0.15) is 34.0 Å². The summed E-state index contributed by atoms with van der Waals surface area (Å²) in [5.74, 6) is -0.0440. The fourth-order valence-electron chi connectivity index (χ4n) is 3.94. The van der Waals surface area contributed by atoms with E-state index in [1.54, 1.807) is 17.0 Å². The molecule has 0 aliphatic carbocycles. The molecular formula is C27H29NO8. The summed E-state index contributed by atoms with van der Waals surface area (Å²) in [4.78, 5) is 39.0. The summed E-state index contributed by atoms with van der Waals surface area (Å²) in [6.45, 7) is 7.80. The summed E-state index contributed by atoms with van der Waals surface area (Å²) in [5, 5.41) is 0.717. The third-order valence-corrected chi connectivity index (χ3v) is 6.07. The number of nitrogens with zero attached hydrogens (tertiary/aromatic N) is 1. The maximum Gasteiger partial charge on any atom is 0.338 e. The molecule has 0 unspecified atom stereocenters. The number of hydrogen-bond donors (Lipinski definition) is 0. The first-order valence-electron chi connectivity index (χ1n) is 11.8. The molecular weight excluding hydrogens is 466 g/mol. The molecule has 0 radical (unpaired) electrons. The zero-order valence-corrected chi connectivity index (χ0v) is 20.6. The Morgan fingerprint density at radius 1 is 1.00 bits per heavy atom. The van der Waals surface area contributed by atoms with Crippen molar-refractivity contribution in [3.05, 3.63) is 69.1 Å². The fraction of sp³-hybridized carbons (Fsp3) is 0.370. The molecule has 1 aromatic heterocycles. The number of carbonyl (C=O) groups excluding carboxylic acids is 2. The van der Waals surface area contributed by atoms with Crippen LogP contribution in [-0.2, 0) is 20.9 Å². The molecule has 1 aliphatic rings. The van der Waals surface area contributed by atoms with Gasteiger partial charge >= 0.3 is 11.6 Å². The summed E-state index contributed by atoms with van der Waals surface area (Å²) in [5.41, 5.74) is 2.65. The van der Waals surface area contributed by atoms with Gasteiger partial charge in [0.1, 0.15) is 12.2 Å². The van der Waals surface area contributed by atoms with Crippen molar-refractivity contribution >= 4 is 22.8 Å². The molecule has 190 valence electrons. The molecule has 0 bridgehead atoms. The van der Waals surface area contributed by atoms with Crippen molar-refractivity contribution in [1.82, 2.24) is 4.90 Å². The van der Waals surface area contributed by atoms with Crippen LogP contribution in [0.4, 0.5) is 0 Å². The van der Waals surface area contributed by atoms with Crippen LogP contribution >= 0.6 is 0 Å². The highest BCUT2D eigenvalue weighted by Gasteiger charge is 2.19. The minimum atomic E-state index is -0.586. The van der Waals surface area contributed by atoms with Crippen LogP contribution in [-0.4, -0.2) is 56.3 Å². The number of aryl methyl sites for hydroxylation is 2. The predicted molar refractivity (Wildman–Crippen MR) is 132 cm³/mol. The van der Waals surface area contributed by atoms with Crippen molar-refractivity contribution < 1.29 is 33.0 Å². The topological polar surface area (TPSA) is 105 Å². The number of carbonyl (C=O) groups is 2. The van der Waals surface area contributed by atoms with Gasteiger partial charge in [-0.1, -0.05) is 12.1 Å². The van der Waals surface area contributed by atoms with Gasteiger partial charge in [0.25, 0.3) is 5.91 Å². The van der Waals surface area contributed by atoms with Gasteiger partial charge in [0.05, 0.1) is 25.4 Å². The molecule has 2 heterocycles. The van der Waals surface area contributed by atoms with E-state index < -0.39 is 11.6 Å². The zero-order chi connectivity index (χ0) is 25.7. The van der Waals surface area contributed by atoms with Crippen LogP contribution in [0.15, 0.2) is 45.6 Å². The molecule has 1 amide bonds. The zero-order valence-electron chi connectivity index (χ0n) is 20.6. The summed E-state index contributed by atoms with van der Waals surface area (Å²) >= 11 is 0. The van der Waals surface area contributed by atoms with Crippen LogP contribution in [0.5, 0.6) is 11.5 Å². The minimum Gasteiger partial charge on any atom is -0.490 e. The van der Waals surface area contributed by atoms with E-state index in [4.69, 9.17) is 23.4 Å². The van der Waals surface area contributed by atoms with E-state index in [0.717, 1.165) is 11.1 Å². The average Bonchev–Trinajstić information content (AvgIpc) is 2.89. The van der Waals surface area contributed by atoms with Gasteiger partial charge in [0.15, 0.2) is 18.1 Å². The van der Waals surface area contributed by atoms with E-state index in [9.17, 15) is 14.4 Å². The molecule has 9 heteroatoms. The highest BCUT2D eigenvalue weighted by atomic mass is 16.5. The van der Waals surface area contributed by atoms with Gasteiger partial charge in [0.2, 0.25) is 0 Å². The molecule has 9 nitrogen and oxygen atoms in total. The number of hydrogen-bond acceptors (Lipinski definition) is 8. The Morgan fingerprint density at radius 3 is 2.53 bits per heavy atom. The van der Waals surface area contributed by atoms with Gasteiger partial charge < -0.3 is 28.3 Å². The molecule has 2 aromatic carbocycles. The van der Waals surface area contributed by atoms with Gasteiger partial charge in [-0.25, -0.2) is 9.59 Å². The van der Waals surface area contributed by atoms with Crippen molar-refractivity contribution in [2.45, 2.75) is 27.4 Å². The summed E-state index contributed by atoms with van der Waals surface area (Å²) in [7, 11) is 0. The van der Waals surface area contributed by atoms with Crippen LogP contribution in [0.2, 0.25) is 0 Å². The first-order valence-corrected chi connectivity index (χ1v) is 11.8. The Morgan fingerprint density at radius 2 is 1.78 bits per heavy atom. The first kappa shape index (κ1) is 25.2. The van der Waals surface area contributed by atoms with Gasteiger partial charge in [-0.3, -0.25) is 4.79 Å². The van der Waals surface area contributed by atoms with E-state index >= 15 is 0 Å². The Hall–Kier alpha value is -3.85. The summed E-state index contributed by atoms with van der Waals surface area (Å²) in [6, 6.07) is 9.75. The molecule has 0 N–H and O–H groups in total. The lowest BCUT2D eigenvalue weighted by Crippen LogP contribution is -2.43. The average molecular weight is 496 g/mol. The largest absolute Gasteiger partial charge is 0.490 e. The van der Waals surface area contributed by atoms with Crippen molar-refractivity contribution in [3.63, 3.8) is 0 Å². The van der Waals surface area contributed by atoms with Crippen LogP contribution in [0, 0.1) is 13.8 Å².